The van der Waals surface area contributed by atoms with Gasteiger partial charge in [-0.25, -0.2) is 15.0 Å². The number of benzene rings is 1. The molecular formula is C27H33N5O4S. The highest BCUT2D eigenvalue weighted by Crippen LogP contribution is 2.36. The van der Waals surface area contributed by atoms with Crippen LogP contribution in [0.15, 0.2) is 30.6 Å². The number of nitrogens with zero attached hydrogens (tertiary/aromatic N) is 4. The SMILES string of the molecule is C[C@@H]1COCCN1C1CC(C(=O)Nc2nc3ccc(-c4cnc(CO[C@H]5CCC[C@@H]5O)nc4)cc3s2)C1. The number of aromatic nitrogens is 3. The first-order valence-electron chi connectivity index (χ1n) is 13.2. The van der Waals surface area contributed by atoms with Crippen LogP contribution in [0.4, 0.5) is 5.13 Å². The van der Waals surface area contributed by atoms with E-state index in [4.69, 9.17) is 9.47 Å². The second-order valence-corrected chi connectivity index (χ2v) is 11.4. The van der Waals surface area contributed by atoms with Crippen LogP contribution < -0.4 is 5.32 Å². The van der Waals surface area contributed by atoms with Gasteiger partial charge in [-0.05, 0) is 56.7 Å². The van der Waals surface area contributed by atoms with E-state index in [-0.39, 0.29) is 24.0 Å². The number of hydrogen-bond acceptors (Lipinski definition) is 9. The van der Waals surface area contributed by atoms with Crippen LogP contribution in [0.25, 0.3) is 21.3 Å². The first kappa shape index (κ1) is 24.8. The van der Waals surface area contributed by atoms with Crippen molar-refractivity contribution in [1.82, 2.24) is 19.9 Å². The molecule has 0 bridgehead atoms. The Bertz CT molecular complexity index is 1250. The molecule has 1 aliphatic heterocycles. The maximum absolute atomic E-state index is 12.8. The van der Waals surface area contributed by atoms with Gasteiger partial charge >= 0.3 is 0 Å². The van der Waals surface area contributed by atoms with Crippen molar-refractivity contribution in [3.05, 3.63) is 36.4 Å². The van der Waals surface area contributed by atoms with Crippen LogP contribution in [0.5, 0.6) is 0 Å². The molecule has 2 saturated carbocycles. The number of anilines is 1. The van der Waals surface area contributed by atoms with Crippen LogP contribution in [-0.2, 0) is 20.9 Å². The summed E-state index contributed by atoms with van der Waals surface area (Å²) in [4.78, 5) is 28.8. The zero-order valence-corrected chi connectivity index (χ0v) is 21.8. The van der Waals surface area contributed by atoms with Crippen molar-refractivity contribution in [2.75, 3.05) is 25.1 Å². The van der Waals surface area contributed by atoms with E-state index in [9.17, 15) is 9.90 Å². The number of aliphatic hydroxyl groups excluding tert-OH is 1. The summed E-state index contributed by atoms with van der Waals surface area (Å²) in [5.41, 5.74) is 2.76. The zero-order valence-electron chi connectivity index (χ0n) is 21.0. The monoisotopic (exact) mass is 523 g/mol. The topological polar surface area (TPSA) is 110 Å². The molecule has 2 aliphatic carbocycles. The average Bonchev–Trinajstić information content (AvgIpc) is 3.47. The van der Waals surface area contributed by atoms with E-state index in [0.717, 1.165) is 73.2 Å². The van der Waals surface area contributed by atoms with Crippen LogP contribution in [0.1, 0.15) is 44.9 Å². The van der Waals surface area contributed by atoms with E-state index in [2.05, 4.69) is 38.2 Å². The highest BCUT2D eigenvalue weighted by Gasteiger charge is 2.40. The second-order valence-electron chi connectivity index (χ2n) is 10.4. The molecule has 0 radical (unpaired) electrons. The van der Waals surface area contributed by atoms with Gasteiger partial charge in [0.05, 0.1) is 35.6 Å². The molecule has 9 nitrogen and oxygen atoms in total. The fourth-order valence-corrected chi connectivity index (χ4v) is 6.49. The summed E-state index contributed by atoms with van der Waals surface area (Å²) in [6.45, 7) is 5.00. The lowest BCUT2D eigenvalue weighted by molar-refractivity contribution is -0.126. The summed E-state index contributed by atoms with van der Waals surface area (Å²) in [5, 5.41) is 13.6. The van der Waals surface area contributed by atoms with Crippen molar-refractivity contribution in [2.45, 2.75) is 69.9 Å². The molecule has 3 aromatic rings. The second kappa shape index (κ2) is 10.7. The van der Waals surface area contributed by atoms with Gasteiger partial charge in [-0.15, -0.1) is 0 Å². The number of fused-ring (bicyclic) bond motifs is 1. The van der Waals surface area contributed by atoms with Gasteiger partial charge in [0, 0.05) is 42.5 Å². The molecule has 37 heavy (non-hydrogen) atoms. The first-order chi connectivity index (χ1) is 18.0. The lowest BCUT2D eigenvalue weighted by Crippen LogP contribution is -2.55. The van der Waals surface area contributed by atoms with Crippen molar-refractivity contribution >= 4 is 32.6 Å². The van der Waals surface area contributed by atoms with Gasteiger partial charge in [0.25, 0.3) is 0 Å². The molecule has 196 valence electrons. The van der Waals surface area contributed by atoms with E-state index in [1.54, 1.807) is 12.4 Å². The summed E-state index contributed by atoms with van der Waals surface area (Å²) in [7, 11) is 0. The molecule has 6 rings (SSSR count). The summed E-state index contributed by atoms with van der Waals surface area (Å²) < 4.78 is 12.3. The molecule has 0 spiro atoms. The van der Waals surface area contributed by atoms with Gasteiger partial charge in [0.15, 0.2) is 11.0 Å². The van der Waals surface area contributed by atoms with Crippen molar-refractivity contribution in [1.29, 1.82) is 0 Å². The van der Waals surface area contributed by atoms with Crippen LogP contribution in [0, 0.1) is 5.92 Å². The first-order valence-corrected chi connectivity index (χ1v) is 14.0. The molecular weight excluding hydrogens is 490 g/mol. The standard InChI is InChI=1S/C27H33N5O4S/c1-16-14-35-8-7-32(16)20-9-18(10-20)26(34)31-27-30-21-6-5-17(11-24(21)37-27)19-12-28-25(29-13-19)15-36-23-4-2-3-22(23)33/h5-6,11-13,16,18,20,22-23,33H,2-4,7-10,14-15H2,1H3,(H,30,31,34)/t16-,18?,20?,22+,23+/m1/s1. The highest BCUT2D eigenvalue weighted by atomic mass is 32.1. The number of morpholine rings is 1. The summed E-state index contributed by atoms with van der Waals surface area (Å²) in [6.07, 6.45) is 7.55. The summed E-state index contributed by atoms with van der Waals surface area (Å²) >= 11 is 1.49. The predicted molar refractivity (Wildman–Crippen MR) is 141 cm³/mol. The molecule has 3 heterocycles. The van der Waals surface area contributed by atoms with Gasteiger partial charge in [-0.3, -0.25) is 9.69 Å². The summed E-state index contributed by atoms with van der Waals surface area (Å²) in [6, 6.07) is 6.92. The van der Waals surface area contributed by atoms with E-state index >= 15 is 0 Å². The minimum Gasteiger partial charge on any atom is -0.390 e. The average molecular weight is 524 g/mol. The third kappa shape index (κ3) is 5.39. The maximum atomic E-state index is 12.8. The van der Waals surface area contributed by atoms with E-state index in [1.807, 2.05) is 12.1 Å². The van der Waals surface area contributed by atoms with Gasteiger partial charge in [0.1, 0.15) is 6.61 Å². The smallest absolute Gasteiger partial charge is 0.229 e. The molecule has 1 saturated heterocycles. The Balaban J connectivity index is 1.05. The number of nitrogens with one attached hydrogen (secondary N) is 1. The van der Waals surface area contributed by atoms with Crippen LogP contribution >= 0.6 is 11.3 Å². The molecule has 10 heteroatoms. The van der Waals surface area contributed by atoms with Gasteiger partial charge in [-0.1, -0.05) is 17.4 Å². The van der Waals surface area contributed by atoms with E-state index in [0.29, 0.717) is 29.6 Å². The third-order valence-corrected chi connectivity index (χ3v) is 8.81. The van der Waals surface area contributed by atoms with E-state index < -0.39 is 0 Å². The fraction of sp³-hybridized carbons (Fsp3) is 0.556. The Morgan fingerprint density at radius 1 is 1.24 bits per heavy atom. The van der Waals surface area contributed by atoms with Gasteiger partial charge < -0.3 is 19.9 Å². The highest BCUT2D eigenvalue weighted by molar-refractivity contribution is 7.22. The van der Waals surface area contributed by atoms with Crippen LogP contribution in [-0.4, -0.2) is 74.9 Å². The lowest BCUT2D eigenvalue weighted by atomic mass is 9.78. The fourth-order valence-electron chi connectivity index (χ4n) is 5.58. The summed E-state index contributed by atoms with van der Waals surface area (Å²) in [5.74, 6) is 0.708. The van der Waals surface area contributed by atoms with Gasteiger partial charge in [-0.2, -0.15) is 0 Å². The normalized spacial score (nSPS) is 28.3. The molecule has 3 fully saturated rings. The Labute approximate surface area is 220 Å². The zero-order chi connectivity index (χ0) is 25.4. The Morgan fingerprint density at radius 3 is 2.84 bits per heavy atom. The molecule has 1 aromatic carbocycles. The number of ether oxygens (including phenoxy) is 2. The van der Waals surface area contributed by atoms with Crippen molar-refractivity contribution in [3.63, 3.8) is 0 Å². The van der Waals surface area contributed by atoms with Gasteiger partial charge in [0.2, 0.25) is 5.91 Å². The number of thiazole rings is 1. The maximum Gasteiger partial charge on any atom is 0.229 e. The molecule has 3 aliphatic rings. The van der Waals surface area contributed by atoms with E-state index in [1.165, 1.54) is 11.3 Å². The van der Waals surface area contributed by atoms with Crippen molar-refractivity contribution in [3.8, 4) is 11.1 Å². The Hall–Kier alpha value is -2.50. The molecule has 3 atom stereocenters. The number of hydrogen-bond donors (Lipinski definition) is 2. The minimum atomic E-state index is -0.385. The largest absolute Gasteiger partial charge is 0.390 e. The predicted octanol–water partition coefficient (Wildman–Crippen LogP) is 3.62. The van der Waals surface area contributed by atoms with Crippen molar-refractivity contribution < 1.29 is 19.4 Å². The Kier molecular flexibility index (Phi) is 7.18. The van der Waals surface area contributed by atoms with Crippen LogP contribution in [0.2, 0.25) is 0 Å². The van der Waals surface area contributed by atoms with Crippen LogP contribution in [0.3, 0.4) is 0 Å². The number of aliphatic hydroxyl groups is 1. The number of carbonyl (C=O) groups excluding carboxylic acids is 1. The lowest BCUT2D eigenvalue weighted by Gasteiger charge is -2.46. The molecule has 0 unspecified atom stereocenters. The number of amides is 1. The van der Waals surface area contributed by atoms with Crippen molar-refractivity contribution in [2.24, 2.45) is 5.92 Å². The molecule has 2 N–H and O–H groups in total. The number of carbonyl (C=O) groups is 1. The molecule has 1 amide bonds. The molecule has 2 aromatic heterocycles. The third-order valence-electron chi connectivity index (χ3n) is 7.87. The minimum absolute atomic E-state index is 0.0409. The quantitative estimate of drug-likeness (QED) is 0.483. The Morgan fingerprint density at radius 2 is 2.08 bits per heavy atom. The number of rotatable bonds is 7.